The van der Waals surface area contributed by atoms with Crippen molar-refractivity contribution in [1.29, 1.82) is 4.78 Å². The molecule has 0 fully saturated rings. The highest BCUT2D eigenvalue weighted by Crippen LogP contribution is 2.18. The quantitative estimate of drug-likeness (QED) is 0.399. The van der Waals surface area contributed by atoms with Gasteiger partial charge in [0.05, 0.1) is 22.4 Å². The Kier molecular flexibility index (Phi) is 5.87. The first-order valence-electron chi connectivity index (χ1n) is 8.35. The van der Waals surface area contributed by atoms with Crippen molar-refractivity contribution in [2.45, 2.75) is 11.8 Å². The molecule has 8 heteroatoms. The summed E-state index contributed by atoms with van der Waals surface area (Å²) >= 11 is 0. The minimum absolute atomic E-state index is 0.261. The van der Waals surface area contributed by atoms with Gasteiger partial charge in [-0.05, 0) is 55.0 Å². The zero-order chi connectivity index (χ0) is 20.1. The van der Waals surface area contributed by atoms with Crippen molar-refractivity contribution in [3.05, 3.63) is 71.2 Å². The molecular weight excluding hydrogens is 377 g/mol. The van der Waals surface area contributed by atoms with Gasteiger partial charge in [0.25, 0.3) is 0 Å². The van der Waals surface area contributed by atoms with E-state index in [-0.39, 0.29) is 5.82 Å². The lowest BCUT2D eigenvalue weighted by Crippen LogP contribution is -2.03. The van der Waals surface area contributed by atoms with E-state index < -0.39 is 10.6 Å². The number of hydrogen-bond acceptors (Lipinski definition) is 6. The second-order valence-corrected chi connectivity index (χ2v) is 6.99. The Balaban J connectivity index is 1.82. The summed E-state index contributed by atoms with van der Waals surface area (Å²) in [5.74, 6) is 6.64. The van der Waals surface area contributed by atoms with E-state index in [0.29, 0.717) is 39.0 Å². The summed E-state index contributed by atoms with van der Waals surface area (Å²) in [4.78, 5) is 9.12. The van der Waals surface area contributed by atoms with Crippen LogP contribution < -0.4 is 10.6 Å². The van der Waals surface area contributed by atoms with Crippen LogP contribution in [0, 0.1) is 29.4 Å². The molecule has 0 bridgehead atoms. The van der Waals surface area contributed by atoms with E-state index in [9.17, 15) is 8.60 Å². The van der Waals surface area contributed by atoms with Gasteiger partial charge in [-0.1, -0.05) is 11.8 Å². The third-order valence-electron chi connectivity index (χ3n) is 3.88. The van der Waals surface area contributed by atoms with Gasteiger partial charge in [0, 0.05) is 23.2 Å². The van der Waals surface area contributed by atoms with Crippen LogP contribution in [0.5, 0.6) is 0 Å². The van der Waals surface area contributed by atoms with Crippen LogP contribution in [0.4, 0.5) is 21.8 Å². The molecule has 1 atom stereocenters. The number of halogens is 1. The van der Waals surface area contributed by atoms with E-state index in [1.165, 1.54) is 6.07 Å². The fourth-order valence-corrected chi connectivity index (χ4v) is 2.82. The van der Waals surface area contributed by atoms with Gasteiger partial charge in [-0.15, -0.1) is 0 Å². The van der Waals surface area contributed by atoms with Crippen molar-refractivity contribution in [2.24, 2.45) is 0 Å². The first-order valence-corrected chi connectivity index (χ1v) is 9.61. The van der Waals surface area contributed by atoms with Gasteiger partial charge in [-0.25, -0.2) is 13.6 Å². The molecule has 3 aromatic rings. The largest absolute Gasteiger partial charge is 0.372 e. The van der Waals surface area contributed by atoms with E-state index in [0.717, 1.165) is 0 Å². The van der Waals surface area contributed by atoms with Gasteiger partial charge < -0.3 is 10.6 Å². The monoisotopic (exact) mass is 395 g/mol. The highest BCUT2D eigenvalue weighted by molar-refractivity contribution is 7.73. The van der Waals surface area contributed by atoms with E-state index in [4.69, 9.17) is 4.78 Å². The standard InChI is InChI=1S/C20H18FN5OS/c1-13-11-14(4-10-18(13)21)3-5-15-12-24-20(26-19(15)23-2)25-16-6-8-17(9-7-16)28(22)27/h4,6-12,22,28H,1-2H3,(H2,23,24,25,26). The number of hydrogen-bond donors (Lipinski definition) is 4. The molecule has 3 N–H and O–H groups in total. The summed E-state index contributed by atoms with van der Waals surface area (Å²) in [6, 6.07) is 11.4. The molecule has 3 rings (SSSR count). The number of anilines is 3. The number of nitrogens with one attached hydrogen (secondary N) is 3. The van der Waals surface area contributed by atoms with Gasteiger partial charge in [0.2, 0.25) is 5.95 Å². The van der Waals surface area contributed by atoms with Crippen LogP contribution in [0.25, 0.3) is 0 Å². The van der Waals surface area contributed by atoms with Crippen LogP contribution in [-0.2, 0) is 10.6 Å². The lowest BCUT2D eigenvalue weighted by atomic mass is 10.1. The second-order valence-electron chi connectivity index (χ2n) is 5.89. The van der Waals surface area contributed by atoms with Crippen molar-refractivity contribution in [1.82, 2.24) is 9.97 Å². The number of aromatic nitrogens is 2. The molecule has 0 spiro atoms. The molecule has 1 heterocycles. The third kappa shape index (κ3) is 4.64. The minimum atomic E-state index is -2.11. The van der Waals surface area contributed by atoms with Crippen LogP contribution >= 0.6 is 0 Å². The summed E-state index contributed by atoms with van der Waals surface area (Å²) in [6.07, 6.45) is 1.60. The molecular formula is C20H18FN5OS. The first kappa shape index (κ1) is 19.3. The lowest BCUT2D eigenvalue weighted by molar-refractivity contribution is 0.618. The average molecular weight is 395 g/mol. The highest BCUT2D eigenvalue weighted by atomic mass is 32.2. The molecule has 0 saturated carbocycles. The molecule has 28 heavy (non-hydrogen) atoms. The third-order valence-corrected chi connectivity index (χ3v) is 4.65. The Bertz CT molecular complexity index is 1140. The van der Waals surface area contributed by atoms with Gasteiger partial charge >= 0.3 is 0 Å². The highest BCUT2D eigenvalue weighted by Gasteiger charge is 2.05. The maximum Gasteiger partial charge on any atom is 0.229 e. The number of nitrogens with zero attached hydrogens (tertiary/aromatic N) is 2. The van der Waals surface area contributed by atoms with Gasteiger partial charge in [0.15, 0.2) is 0 Å². The Hall–Kier alpha value is -3.44. The number of rotatable bonds is 4. The van der Waals surface area contributed by atoms with Crippen molar-refractivity contribution in [3.63, 3.8) is 0 Å². The topological polar surface area (TPSA) is 90.8 Å². The fraction of sp³-hybridized carbons (Fsp3) is 0.100. The number of aryl methyl sites for hydroxylation is 1. The van der Waals surface area contributed by atoms with Crippen LogP contribution in [0.3, 0.4) is 0 Å². The van der Waals surface area contributed by atoms with Crippen LogP contribution in [-0.4, -0.2) is 21.2 Å². The van der Waals surface area contributed by atoms with Crippen molar-refractivity contribution in [3.8, 4) is 11.8 Å². The van der Waals surface area contributed by atoms with Crippen LogP contribution in [0.2, 0.25) is 0 Å². The summed E-state index contributed by atoms with van der Waals surface area (Å²) in [7, 11) is -0.377. The zero-order valence-corrected chi connectivity index (χ0v) is 16.1. The number of thiol groups is 1. The Labute approximate surface area is 164 Å². The summed E-state index contributed by atoms with van der Waals surface area (Å²) in [6.45, 7) is 1.69. The van der Waals surface area contributed by atoms with E-state index in [2.05, 4.69) is 32.4 Å². The molecule has 1 aromatic heterocycles. The number of benzene rings is 2. The molecule has 0 aliphatic carbocycles. The van der Waals surface area contributed by atoms with E-state index in [1.54, 1.807) is 56.6 Å². The summed E-state index contributed by atoms with van der Waals surface area (Å²) < 4.78 is 31.8. The van der Waals surface area contributed by atoms with E-state index in [1.807, 2.05) is 0 Å². The molecule has 1 unspecified atom stereocenters. The molecule has 0 aliphatic rings. The fourth-order valence-electron chi connectivity index (χ4n) is 2.40. The minimum Gasteiger partial charge on any atom is -0.372 e. The SMILES string of the molecule is CNc1nc(Nc2ccc([SH](=N)=O)cc2)ncc1C#Cc1ccc(F)c(C)c1. The Morgan fingerprint density at radius 1 is 1.14 bits per heavy atom. The average Bonchev–Trinajstić information content (AvgIpc) is 2.69. The normalized spacial score (nSPS) is 11.2. The van der Waals surface area contributed by atoms with Gasteiger partial charge in [-0.3, -0.25) is 4.78 Å². The maximum absolute atomic E-state index is 13.4. The summed E-state index contributed by atoms with van der Waals surface area (Å²) in [5, 5.41) is 6.04. The van der Waals surface area contributed by atoms with Crippen molar-refractivity contribution < 1.29 is 8.60 Å². The lowest BCUT2D eigenvalue weighted by Gasteiger charge is -2.08. The smallest absolute Gasteiger partial charge is 0.229 e. The van der Waals surface area contributed by atoms with Crippen LogP contribution in [0.1, 0.15) is 16.7 Å². The second kappa shape index (κ2) is 8.50. The first-order chi connectivity index (χ1) is 13.5. The molecule has 0 saturated heterocycles. The molecule has 0 aliphatic heterocycles. The van der Waals surface area contributed by atoms with Crippen LogP contribution in [0.15, 0.2) is 53.6 Å². The molecule has 2 aromatic carbocycles. The zero-order valence-electron chi connectivity index (χ0n) is 15.2. The van der Waals surface area contributed by atoms with Gasteiger partial charge in [-0.2, -0.15) is 4.98 Å². The van der Waals surface area contributed by atoms with Gasteiger partial charge in [0.1, 0.15) is 11.6 Å². The predicted molar refractivity (Wildman–Crippen MR) is 109 cm³/mol. The predicted octanol–water partition coefficient (Wildman–Crippen LogP) is 3.71. The molecule has 142 valence electrons. The molecule has 0 amide bonds. The molecule has 0 radical (unpaired) electrons. The van der Waals surface area contributed by atoms with Crippen molar-refractivity contribution >= 4 is 28.0 Å². The van der Waals surface area contributed by atoms with Crippen molar-refractivity contribution in [2.75, 3.05) is 17.7 Å². The summed E-state index contributed by atoms with van der Waals surface area (Å²) in [5.41, 5.74) is 2.56. The Morgan fingerprint density at radius 2 is 1.89 bits per heavy atom. The maximum atomic E-state index is 13.4. The molecule has 6 nitrogen and oxygen atoms in total. The Morgan fingerprint density at radius 3 is 2.54 bits per heavy atom. The van der Waals surface area contributed by atoms with E-state index >= 15 is 0 Å².